The lowest BCUT2D eigenvalue weighted by Crippen LogP contribution is -2.48. The Morgan fingerprint density at radius 3 is 2.78 bits per heavy atom. The van der Waals surface area contributed by atoms with E-state index < -0.39 is 10.0 Å². The first-order chi connectivity index (χ1) is 12.9. The van der Waals surface area contributed by atoms with Gasteiger partial charge in [0.15, 0.2) is 0 Å². The molecule has 8 heteroatoms. The van der Waals surface area contributed by atoms with Gasteiger partial charge in [-0.05, 0) is 62.3 Å². The first-order valence-electron chi connectivity index (χ1n) is 9.31. The molecule has 5 nitrogen and oxygen atoms in total. The maximum atomic E-state index is 13.2. The summed E-state index contributed by atoms with van der Waals surface area (Å²) in [5, 5.41) is 2.09. The highest BCUT2D eigenvalue weighted by atomic mass is 32.2. The molecule has 4 heterocycles. The predicted molar refractivity (Wildman–Crippen MR) is 109 cm³/mol. The molecule has 0 aliphatic carbocycles. The zero-order valence-electron chi connectivity index (χ0n) is 15.6. The summed E-state index contributed by atoms with van der Waals surface area (Å²) < 4.78 is 27.8. The van der Waals surface area contributed by atoms with E-state index in [4.69, 9.17) is 0 Å². The van der Waals surface area contributed by atoms with Crippen LogP contribution in [0.2, 0.25) is 0 Å². The molecule has 1 fully saturated rings. The molecule has 4 rings (SSSR count). The van der Waals surface area contributed by atoms with E-state index in [1.165, 1.54) is 26.1 Å². The van der Waals surface area contributed by atoms with Crippen LogP contribution in [0.5, 0.6) is 0 Å². The van der Waals surface area contributed by atoms with Gasteiger partial charge in [-0.3, -0.25) is 4.79 Å². The van der Waals surface area contributed by atoms with Crippen LogP contribution in [0.25, 0.3) is 0 Å². The third-order valence-electron chi connectivity index (χ3n) is 5.60. The summed E-state index contributed by atoms with van der Waals surface area (Å²) in [5.74, 6) is -0.154. The Morgan fingerprint density at radius 1 is 1.22 bits per heavy atom. The largest absolute Gasteiger partial charge is 0.335 e. The maximum Gasteiger partial charge on any atom is 0.252 e. The first-order valence-corrected chi connectivity index (χ1v) is 12.4. The summed E-state index contributed by atoms with van der Waals surface area (Å²) in [7, 11) is -3.51. The topological polar surface area (TPSA) is 57.7 Å². The van der Waals surface area contributed by atoms with Gasteiger partial charge >= 0.3 is 0 Å². The standard InChI is InChI=1S/C19H24N2O3S3/c1-13-5-6-18(26-13)27(23,24)20-9-3-4-15(12-20)19(22)21-10-7-17-16(14(21)2)8-11-25-17/h5-6,8,11,14-15H,3-4,7,9-10,12H2,1-2H3/t14-,15-/m1/s1. The predicted octanol–water partition coefficient (Wildman–Crippen LogP) is 3.66. The Kier molecular flexibility index (Phi) is 5.18. The Hall–Kier alpha value is -1.22. The van der Waals surface area contributed by atoms with Gasteiger partial charge in [0.25, 0.3) is 10.0 Å². The van der Waals surface area contributed by atoms with Crippen LogP contribution in [0.4, 0.5) is 0 Å². The minimum Gasteiger partial charge on any atom is -0.335 e. The molecular weight excluding hydrogens is 400 g/mol. The van der Waals surface area contributed by atoms with Gasteiger partial charge in [0.2, 0.25) is 5.91 Å². The Bertz CT molecular complexity index is 947. The van der Waals surface area contributed by atoms with Crippen molar-refractivity contribution in [2.75, 3.05) is 19.6 Å². The monoisotopic (exact) mass is 424 g/mol. The van der Waals surface area contributed by atoms with Gasteiger partial charge in [-0.15, -0.1) is 22.7 Å². The summed E-state index contributed by atoms with van der Waals surface area (Å²) in [4.78, 5) is 17.5. The molecule has 0 aromatic carbocycles. The summed E-state index contributed by atoms with van der Waals surface area (Å²) >= 11 is 3.05. The molecular formula is C19H24N2O3S3. The quantitative estimate of drug-likeness (QED) is 0.755. The van der Waals surface area contributed by atoms with Crippen LogP contribution in [-0.2, 0) is 21.2 Å². The summed E-state index contributed by atoms with van der Waals surface area (Å²) in [6, 6.07) is 5.68. The van der Waals surface area contributed by atoms with Crippen LogP contribution < -0.4 is 0 Å². The fraction of sp³-hybridized carbons (Fsp3) is 0.526. The van der Waals surface area contributed by atoms with E-state index in [0.29, 0.717) is 10.8 Å². The molecule has 0 spiro atoms. The van der Waals surface area contributed by atoms with Crippen LogP contribution in [0.3, 0.4) is 0 Å². The van der Waals surface area contributed by atoms with Crippen LogP contribution in [0.15, 0.2) is 27.8 Å². The van der Waals surface area contributed by atoms with Crippen LogP contribution in [-0.4, -0.2) is 43.2 Å². The van der Waals surface area contributed by atoms with E-state index in [-0.39, 0.29) is 24.4 Å². The molecule has 27 heavy (non-hydrogen) atoms. The van der Waals surface area contributed by atoms with Crippen LogP contribution >= 0.6 is 22.7 Å². The van der Waals surface area contributed by atoms with Crippen LogP contribution in [0.1, 0.15) is 41.1 Å². The maximum absolute atomic E-state index is 13.2. The molecule has 2 aromatic rings. The third-order valence-corrected chi connectivity index (χ3v) is 9.93. The average Bonchev–Trinajstić information content (AvgIpc) is 3.31. The number of fused-ring (bicyclic) bond motifs is 1. The van der Waals surface area contributed by atoms with Gasteiger partial charge in [-0.2, -0.15) is 4.31 Å². The lowest BCUT2D eigenvalue weighted by molar-refractivity contribution is -0.139. The molecule has 146 valence electrons. The number of thiophene rings is 2. The number of sulfonamides is 1. The van der Waals surface area contributed by atoms with Gasteiger partial charge in [0.05, 0.1) is 12.0 Å². The highest BCUT2D eigenvalue weighted by Gasteiger charge is 2.38. The number of carbonyl (C=O) groups excluding carboxylic acids is 1. The number of carbonyl (C=O) groups is 1. The van der Waals surface area contributed by atoms with Crippen molar-refractivity contribution < 1.29 is 13.2 Å². The van der Waals surface area contributed by atoms with Crippen molar-refractivity contribution in [1.29, 1.82) is 0 Å². The minimum absolute atomic E-state index is 0.0689. The third kappa shape index (κ3) is 3.48. The number of hydrogen-bond donors (Lipinski definition) is 0. The SMILES string of the molecule is Cc1ccc(S(=O)(=O)N2CCC[C@@H](C(=O)N3CCc4sccc4[C@H]3C)C2)s1. The van der Waals surface area contributed by atoms with Crippen molar-refractivity contribution in [1.82, 2.24) is 9.21 Å². The molecule has 0 N–H and O–H groups in total. The van der Waals surface area contributed by atoms with Crippen molar-refractivity contribution >= 4 is 38.6 Å². The average molecular weight is 425 g/mol. The van der Waals surface area contributed by atoms with Crippen LogP contribution in [0, 0.1) is 12.8 Å². The van der Waals surface area contributed by atoms with Crippen molar-refractivity contribution in [3.63, 3.8) is 0 Å². The Morgan fingerprint density at radius 2 is 2.04 bits per heavy atom. The number of nitrogens with zero attached hydrogens (tertiary/aromatic N) is 2. The molecule has 0 bridgehead atoms. The second kappa shape index (κ2) is 7.31. The number of aryl methyl sites for hydroxylation is 1. The highest BCUT2D eigenvalue weighted by Crippen LogP contribution is 2.35. The summed E-state index contributed by atoms with van der Waals surface area (Å²) in [5.41, 5.74) is 1.24. The Balaban J connectivity index is 1.51. The summed E-state index contributed by atoms with van der Waals surface area (Å²) in [6.45, 7) is 5.49. The van der Waals surface area contributed by atoms with E-state index in [1.54, 1.807) is 17.4 Å². The fourth-order valence-corrected chi connectivity index (χ4v) is 8.01. The van der Waals surface area contributed by atoms with Gasteiger partial charge in [-0.1, -0.05) is 0 Å². The van der Waals surface area contributed by atoms with E-state index in [9.17, 15) is 13.2 Å². The lowest BCUT2D eigenvalue weighted by Gasteiger charge is -2.38. The number of rotatable bonds is 3. The number of amides is 1. The molecule has 2 aliphatic heterocycles. The molecule has 2 aliphatic rings. The first kappa shape index (κ1) is 19.1. The van der Waals surface area contributed by atoms with E-state index in [0.717, 1.165) is 30.7 Å². The zero-order chi connectivity index (χ0) is 19.2. The lowest BCUT2D eigenvalue weighted by atomic mass is 9.94. The van der Waals surface area contributed by atoms with Crippen molar-refractivity contribution in [2.24, 2.45) is 5.92 Å². The number of hydrogen-bond acceptors (Lipinski definition) is 5. The molecule has 0 radical (unpaired) electrons. The second-order valence-electron chi connectivity index (χ2n) is 7.32. The highest BCUT2D eigenvalue weighted by molar-refractivity contribution is 7.91. The smallest absolute Gasteiger partial charge is 0.252 e. The molecule has 0 unspecified atom stereocenters. The van der Waals surface area contributed by atoms with E-state index in [2.05, 4.69) is 18.4 Å². The van der Waals surface area contributed by atoms with Crippen molar-refractivity contribution in [3.05, 3.63) is 38.9 Å². The summed E-state index contributed by atoms with van der Waals surface area (Å²) in [6.07, 6.45) is 2.38. The van der Waals surface area contributed by atoms with Crippen molar-refractivity contribution in [3.8, 4) is 0 Å². The van der Waals surface area contributed by atoms with E-state index >= 15 is 0 Å². The van der Waals surface area contributed by atoms with Gasteiger partial charge in [0, 0.05) is 29.4 Å². The normalized spacial score (nSPS) is 24.0. The fourth-order valence-electron chi connectivity index (χ4n) is 4.09. The molecule has 1 amide bonds. The van der Waals surface area contributed by atoms with Gasteiger partial charge < -0.3 is 4.90 Å². The Labute approximate surface area is 168 Å². The molecule has 2 aromatic heterocycles. The van der Waals surface area contributed by atoms with E-state index in [1.807, 2.05) is 17.9 Å². The minimum atomic E-state index is -3.51. The van der Waals surface area contributed by atoms with Gasteiger partial charge in [0.1, 0.15) is 4.21 Å². The molecule has 0 saturated carbocycles. The second-order valence-corrected chi connectivity index (χ2v) is 11.8. The number of piperidine rings is 1. The zero-order valence-corrected chi connectivity index (χ0v) is 18.0. The molecule has 1 saturated heterocycles. The molecule has 2 atom stereocenters. The van der Waals surface area contributed by atoms with Crippen molar-refractivity contribution in [2.45, 2.75) is 43.4 Å². The van der Waals surface area contributed by atoms with Gasteiger partial charge in [-0.25, -0.2) is 8.42 Å².